The van der Waals surface area contributed by atoms with E-state index in [0.717, 1.165) is 0 Å². The van der Waals surface area contributed by atoms with Crippen LogP contribution in [0.2, 0.25) is 0 Å². The number of phenols is 2. The van der Waals surface area contributed by atoms with Crippen LogP contribution in [-0.4, -0.2) is 28.7 Å². The molecule has 0 saturated carbocycles. The fourth-order valence-electron chi connectivity index (χ4n) is 4.74. The molecule has 6 N–H and O–H groups in total. The van der Waals surface area contributed by atoms with Crippen LogP contribution in [-0.2, 0) is 18.0 Å². The molecule has 0 saturated heterocycles. The van der Waals surface area contributed by atoms with Crippen LogP contribution in [0.4, 0.5) is 64.1 Å². The topological polar surface area (TPSA) is 92.5 Å². The van der Waals surface area contributed by atoms with Crippen LogP contribution in [0.25, 0.3) is 0 Å². The van der Waals surface area contributed by atoms with Gasteiger partial charge in [-0.1, -0.05) is 38.2 Å². The van der Waals surface area contributed by atoms with Gasteiger partial charge in [-0.05, 0) is 54.2 Å². The van der Waals surface area contributed by atoms with Gasteiger partial charge < -0.3 is 21.7 Å². The Labute approximate surface area is 232 Å². The van der Waals surface area contributed by atoms with Crippen LogP contribution in [0.5, 0.6) is 11.5 Å². The molecule has 0 heterocycles. The normalized spacial score (nSPS) is 13.5. The molecule has 42 heavy (non-hydrogen) atoms. The van der Waals surface area contributed by atoms with Crippen LogP contribution < -0.4 is 11.5 Å². The van der Waals surface area contributed by atoms with Gasteiger partial charge in [-0.2, -0.15) is 52.7 Å². The zero-order valence-corrected chi connectivity index (χ0v) is 21.8. The Kier molecular flexibility index (Phi) is 10.5. The van der Waals surface area contributed by atoms with Crippen molar-refractivity contribution in [1.29, 1.82) is 0 Å². The monoisotopic (exact) mass is 628 g/mol. The number of hydrogen-bond donors (Lipinski definition) is 4. The van der Waals surface area contributed by atoms with Crippen molar-refractivity contribution in [2.45, 2.75) is 87.9 Å². The first-order valence-electron chi connectivity index (χ1n) is 12.6. The number of alkyl halides is 12. The summed E-state index contributed by atoms with van der Waals surface area (Å²) in [6.07, 6.45) is -22.0. The maximum absolute atomic E-state index is 14.6. The van der Waals surface area contributed by atoms with Crippen molar-refractivity contribution < 1.29 is 62.9 Å². The van der Waals surface area contributed by atoms with Crippen molar-refractivity contribution in [1.82, 2.24) is 0 Å². The zero-order valence-electron chi connectivity index (χ0n) is 21.8. The first-order chi connectivity index (χ1) is 19.0. The largest absolute Gasteiger partial charge is 0.506 e. The van der Waals surface area contributed by atoms with Gasteiger partial charge in [-0.3, -0.25) is 0 Å². The van der Waals surface area contributed by atoms with Crippen molar-refractivity contribution in [3.63, 3.8) is 0 Å². The first kappa shape index (κ1) is 35.0. The summed E-state index contributed by atoms with van der Waals surface area (Å²) in [5, 5.41) is 19.8. The maximum Gasteiger partial charge on any atom is 0.416 e. The van der Waals surface area contributed by atoms with E-state index in [2.05, 4.69) is 0 Å². The number of benzene rings is 2. The minimum atomic E-state index is -6.47. The van der Waals surface area contributed by atoms with Crippen molar-refractivity contribution in [3.05, 3.63) is 46.5 Å². The van der Waals surface area contributed by atoms with Crippen molar-refractivity contribution in [2.24, 2.45) is 0 Å². The van der Waals surface area contributed by atoms with Crippen molar-refractivity contribution in [3.8, 4) is 11.5 Å². The summed E-state index contributed by atoms with van der Waals surface area (Å²) in [6, 6.07) is -0.265. The lowest BCUT2D eigenvalue weighted by Crippen LogP contribution is -2.55. The standard InChI is InChI=1S/C26H28F12N2O2/c27-22(28,29)9-7-5-3-1-2-4-6-8-14-10-15(11-20(42)21(14)40)23(25(33,34)35,26(36,37)38)16-12-18(39)19(41)13-17(16)24(30,31)32/h10-13,41-42H,1-9,39-40H2. The lowest BCUT2D eigenvalue weighted by Gasteiger charge is -2.40. The summed E-state index contributed by atoms with van der Waals surface area (Å²) in [6.45, 7) is 0. The predicted molar refractivity (Wildman–Crippen MR) is 130 cm³/mol. The van der Waals surface area contributed by atoms with Gasteiger partial charge in [-0.15, -0.1) is 0 Å². The van der Waals surface area contributed by atoms with E-state index in [9.17, 15) is 62.9 Å². The molecule has 0 aliphatic heterocycles. The number of aromatic hydroxyl groups is 2. The molecule has 2 aromatic rings. The van der Waals surface area contributed by atoms with Crippen molar-refractivity contribution in [2.75, 3.05) is 11.5 Å². The smallest absolute Gasteiger partial charge is 0.416 e. The molecule has 0 bridgehead atoms. The van der Waals surface area contributed by atoms with Gasteiger partial charge >= 0.3 is 24.7 Å². The maximum atomic E-state index is 14.6. The van der Waals surface area contributed by atoms with Gasteiger partial charge in [0.05, 0.1) is 16.9 Å². The summed E-state index contributed by atoms with van der Waals surface area (Å²) >= 11 is 0. The Morgan fingerprint density at radius 3 is 1.55 bits per heavy atom. The molecular weight excluding hydrogens is 600 g/mol. The molecule has 0 amide bonds. The molecule has 0 radical (unpaired) electrons. The zero-order chi connectivity index (χ0) is 32.3. The Morgan fingerprint density at radius 1 is 0.571 bits per heavy atom. The summed E-state index contributed by atoms with van der Waals surface area (Å²) in [5.41, 5.74) is -3.18. The quantitative estimate of drug-likeness (QED) is 0.0866. The number of hydrogen-bond acceptors (Lipinski definition) is 4. The third kappa shape index (κ3) is 7.79. The Bertz CT molecular complexity index is 1200. The van der Waals surface area contributed by atoms with Crippen LogP contribution in [0.3, 0.4) is 0 Å². The number of phenolic OH excluding ortho intramolecular Hbond substituents is 2. The molecular formula is C26H28F12N2O2. The van der Waals surface area contributed by atoms with Gasteiger partial charge in [0.25, 0.3) is 0 Å². The number of halogens is 12. The minimum Gasteiger partial charge on any atom is -0.506 e. The number of anilines is 2. The number of nitrogens with two attached hydrogens (primary N) is 2. The predicted octanol–water partition coefficient (Wildman–Crippen LogP) is 8.92. The second-order valence-corrected chi connectivity index (χ2v) is 9.86. The number of aryl methyl sites for hydroxylation is 1. The van der Waals surface area contributed by atoms with Gasteiger partial charge in [0.2, 0.25) is 5.41 Å². The Hall–Kier alpha value is -3.20. The SMILES string of the molecule is Nc1cc(C(c2cc(O)c(N)c(CCCCCCCCCC(F)(F)F)c2)(C(F)(F)F)C(F)(F)F)c(C(F)(F)F)cc1O. The third-order valence-corrected chi connectivity index (χ3v) is 6.81. The van der Waals surface area contributed by atoms with Gasteiger partial charge in [0.15, 0.2) is 0 Å². The molecule has 0 aliphatic rings. The molecule has 238 valence electrons. The van der Waals surface area contributed by atoms with Gasteiger partial charge in [-0.25, -0.2) is 0 Å². The molecule has 0 aliphatic carbocycles. The van der Waals surface area contributed by atoms with Crippen LogP contribution in [0.15, 0.2) is 24.3 Å². The molecule has 0 unspecified atom stereocenters. The average Bonchev–Trinajstić information content (AvgIpc) is 2.80. The Balaban J connectivity index is 2.50. The summed E-state index contributed by atoms with van der Waals surface area (Å²) < 4.78 is 165. The first-order valence-corrected chi connectivity index (χ1v) is 12.6. The van der Waals surface area contributed by atoms with Gasteiger partial charge in [0, 0.05) is 6.42 Å². The average molecular weight is 628 g/mol. The number of nitrogen functional groups attached to an aromatic ring is 2. The third-order valence-electron chi connectivity index (χ3n) is 6.81. The summed E-state index contributed by atoms with van der Waals surface area (Å²) in [7, 11) is 0. The van der Waals surface area contributed by atoms with E-state index in [1.54, 1.807) is 0 Å². The lowest BCUT2D eigenvalue weighted by molar-refractivity contribution is -0.289. The lowest BCUT2D eigenvalue weighted by atomic mass is 9.70. The van der Waals surface area contributed by atoms with E-state index in [-0.39, 0.29) is 37.5 Å². The minimum absolute atomic E-state index is 0.00996. The van der Waals surface area contributed by atoms with E-state index in [1.165, 1.54) is 0 Å². The van der Waals surface area contributed by atoms with E-state index >= 15 is 0 Å². The Morgan fingerprint density at radius 2 is 1.07 bits per heavy atom. The van der Waals surface area contributed by atoms with Crippen LogP contribution in [0.1, 0.15) is 73.6 Å². The fraction of sp³-hybridized carbons (Fsp3) is 0.538. The highest BCUT2D eigenvalue weighted by atomic mass is 19.4. The van der Waals surface area contributed by atoms with E-state index < -0.39 is 81.7 Å². The fourth-order valence-corrected chi connectivity index (χ4v) is 4.74. The molecule has 0 atom stereocenters. The molecule has 4 nitrogen and oxygen atoms in total. The molecule has 0 aromatic heterocycles. The second kappa shape index (κ2) is 12.6. The molecule has 0 fully saturated rings. The molecule has 0 spiro atoms. The van der Waals surface area contributed by atoms with Crippen LogP contribution in [0, 0.1) is 0 Å². The van der Waals surface area contributed by atoms with Crippen LogP contribution >= 0.6 is 0 Å². The van der Waals surface area contributed by atoms with Crippen molar-refractivity contribution >= 4 is 11.4 Å². The second-order valence-electron chi connectivity index (χ2n) is 9.86. The van der Waals surface area contributed by atoms with E-state index in [4.69, 9.17) is 11.5 Å². The van der Waals surface area contributed by atoms with Gasteiger partial charge in [0.1, 0.15) is 11.5 Å². The highest BCUT2D eigenvalue weighted by Gasteiger charge is 2.74. The van der Waals surface area contributed by atoms with E-state index in [1.807, 2.05) is 0 Å². The summed E-state index contributed by atoms with van der Waals surface area (Å²) in [5.74, 6) is -2.63. The molecule has 2 aromatic carbocycles. The highest BCUT2D eigenvalue weighted by molar-refractivity contribution is 5.65. The molecule has 2 rings (SSSR count). The highest BCUT2D eigenvalue weighted by Crippen LogP contribution is 2.60. The van der Waals surface area contributed by atoms with E-state index in [0.29, 0.717) is 38.2 Å². The summed E-state index contributed by atoms with van der Waals surface area (Å²) in [4.78, 5) is 0. The number of unbranched alkanes of at least 4 members (excludes halogenated alkanes) is 6. The molecule has 16 heteroatoms. The number of rotatable bonds is 11.